The monoisotopic (exact) mass is 459 g/mol. The van der Waals surface area contributed by atoms with Crippen molar-refractivity contribution in [3.63, 3.8) is 0 Å². The van der Waals surface area contributed by atoms with Crippen molar-refractivity contribution in [1.82, 2.24) is 15.4 Å². The number of fused-ring (bicyclic) bond motifs is 1. The smallest absolute Gasteiger partial charge is 0.323 e. The maximum atomic E-state index is 13.2. The van der Waals surface area contributed by atoms with Gasteiger partial charge in [-0.1, -0.05) is 12.1 Å². The highest BCUT2D eigenvalue weighted by Gasteiger charge is 2.25. The first-order chi connectivity index (χ1) is 15.7. The van der Waals surface area contributed by atoms with Gasteiger partial charge in [-0.2, -0.15) is 0 Å². The number of aromatic nitrogens is 1. The molecule has 1 aromatic carbocycles. The third-order valence-electron chi connectivity index (χ3n) is 5.76. The van der Waals surface area contributed by atoms with Crippen LogP contribution in [0.3, 0.4) is 0 Å². The second kappa shape index (κ2) is 10.7. The number of nitrogens with one attached hydrogen (secondary N) is 3. The zero-order valence-corrected chi connectivity index (χ0v) is 20.0. The number of benzene rings is 1. The molecule has 2 aromatic rings. The molecule has 0 saturated heterocycles. The minimum Gasteiger partial charge on any atom is -0.491 e. The van der Waals surface area contributed by atoms with E-state index < -0.39 is 6.03 Å². The number of aryl methyl sites for hydroxylation is 2. The first-order valence-electron chi connectivity index (χ1n) is 11.0. The molecule has 10 nitrogen and oxygen atoms in total. The van der Waals surface area contributed by atoms with Crippen LogP contribution in [-0.2, 0) is 4.74 Å². The molecule has 0 unspecified atom stereocenters. The van der Waals surface area contributed by atoms with Crippen molar-refractivity contribution in [2.24, 2.45) is 5.92 Å². The predicted molar refractivity (Wildman–Crippen MR) is 125 cm³/mol. The highest BCUT2D eigenvalue weighted by Crippen LogP contribution is 2.26. The Morgan fingerprint density at radius 3 is 2.70 bits per heavy atom. The number of amides is 3. The van der Waals surface area contributed by atoms with Gasteiger partial charge in [0.05, 0.1) is 11.7 Å². The molecule has 0 bridgehead atoms. The summed E-state index contributed by atoms with van der Waals surface area (Å²) in [6, 6.07) is 4.60. The summed E-state index contributed by atoms with van der Waals surface area (Å²) < 4.78 is 16.7. The maximum Gasteiger partial charge on any atom is 0.323 e. The van der Waals surface area contributed by atoms with Gasteiger partial charge in [0.25, 0.3) is 5.91 Å². The van der Waals surface area contributed by atoms with Crippen molar-refractivity contribution in [2.45, 2.75) is 39.8 Å². The van der Waals surface area contributed by atoms with Gasteiger partial charge < -0.3 is 34.8 Å². The molecule has 0 fully saturated rings. The van der Waals surface area contributed by atoms with Crippen molar-refractivity contribution < 1.29 is 23.6 Å². The molecule has 180 valence electrons. The van der Waals surface area contributed by atoms with Crippen molar-refractivity contribution in [3.05, 3.63) is 35.2 Å². The zero-order valence-electron chi connectivity index (χ0n) is 20.0. The fourth-order valence-corrected chi connectivity index (χ4v) is 3.67. The minimum atomic E-state index is -0.451. The first kappa shape index (κ1) is 24.5. The molecular formula is C23H33N5O5. The Hall–Kier alpha value is -3.11. The van der Waals surface area contributed by atoms with E-state index in [4.69, 9.17) is 14.0 Å². The molecule has 3 N–H and O–H groups in total. The second-order valence-electron chi connectivity index (χ2n) is 8.55. The maximum absolute atomic E-state index is 13.2. The summed E-state index contributed by atoms with van der Waals surface area (Å²) in [6.07, 6.45) is -0.101. The van der Waals surface area contributed by atoms with Gasteiger partial charge in [0.1, 0.15) is 23.7 Å². The molecule has 1 aliphatic heterocycles. The van der Waals surface area contributed by atoms with Gasteiger partial charge in [-0.05, 0) is 38.8 Å². The molecule has 33 heavy (non-hydrogen) atoms. The van der Waals surface area contributed by atoms with Crippen LogP contribution in [0.4, 0.5) is 16.2 Å². The van der Waals surface area contributed by atoms with Gasteiger partial charge in [0, 0.05) is 45.0 Å². The van der Waals surface area contributed by atoms with E-state index in [1.165, 1.54) is 0 Å². The summed E-state index contributed by atoms with van der Waals surface area (Å²) in [4.78, 5) is 27.3. The van der Waals surface area contributed by atoms with Crippen LogP contribution in [0.2, 0.25) is 0 Å². The largest absolute Gasteiger partial charge is 0.491 e. The lowest BCUT2D eigenvalue weighted by molar-refractivity contribution is 0.0281. The van der Waals surface area contributed by atoms with Crippen LogP contribution in [0.25, 0.3) is 0 Å². The lowest BCUT2D eigenvalue weighted by atomic mass is 10.0. The number of ether oxygens (including phenoxy) is 2. The minimum absolute atomic E-state index is 0.0597. The predicted octanol–water partition coefficient (Wildman–Crippen LogP) is 3.03. The molecule has 0 radical (unpaired) electrons. The number of methoxy groups -OCH3 is 1. The van der Waals surface area contributed by atoms with E-state index in [9.17, 15) is 9.59 Å². The van der Waals surface area contributed by atoms with Crippen LogP contribution in [-0.4, -0.2) is 68.0 Å². The van der Waals surface area contributed by atoms with E-state index in [-0.39, 0.29) is 24.0 Å². The lowest BCUT2D eigenvalue weighted by Crippen LogP contribution is -2.44. The van der Waals surface area contributed by atoms with Crippen LogP contribution in [0.5, 0.6) is 5.75 Å². The molecule has 0 saturated carbocycles. The van der Waals surface area contributed by atoms with Crippen LogP contribution < -0.4 is 20.7 Å². The van der Waals surface area contributed by atoms with Gasteiger partial charge >= 0.3 is 6.03 Å². The average Bonchev–Trinajstić information content (AvgIpc) is 3.10. The van der Waals surface area contributed by atoms with Gasteiger partial charge in [-0.25, -0.2) is 4.79 Å². The summed E-state index contributed by atoms with van der Waals surface area (Å²) >= 11 is 0. The number of rotatable bonds is 3. The Balaban J connectivity index is 1.82. The third-order valence-corrected chi connectivity index (χ3v) is 5.76. The molecule has 1 aliphatic rings. The van der Waals surface area contributed by atoms with E-state index >= 15 is 0 Å². The Labute approximate surface area is 194 Å². The Kier molecular flexibility index (Phi) is 7.93. The second-order valence-corrected chi connectivity index (χ2v) is 8.55. The summed E-state index contributed by atoms with van der Waals surface area (Å²) in [7, 11) is 3.41. The number of hydrogen-bond acceptors (Lipinski definition) is 7. The molecule has 2 heterocycles. The van der Waals surface area contributed by atoms with Gasteiger partial charge in [0.2, 0.25) is 0 Å². The number of carbonyl (C=O) groups excluding carboxylic acids is 2. The van der Waals surface area contributed by atoms with E-state index in [1.54, 1.807) is 51.1 Å². The molecule has 1 aromatic heterocycles. The number of likely N-dealkylation sites (N-methyl/N-ethyl adjacent to an activating group) is 1. The van der Waals surface area contributed by atoms with Gasteiger partial charge in [-0.15, -0.1) is 0 Å². The Morgan fingerprint density at radius 1 is 1.27 bits per heavy atom. The fourth-order valence-electron chi connectivity index (χ4n) is 3.67. The van der Waals surface area contributed by atoms with Crippen LogP contribution in [0, 0.1) is 19.8 Å². The van der Waals surface area contributed by atoms with E-state index in [0.29, 0.717) is 47.3 Å². The van der Waals surface area contributed by atoms with Crippen molar-refractivity contribution in [3.8, 4) is 5.75 Å². The standard InChI is InChI=1S/C23H33N5O5/c1-13-10-24-14(2)12-32-19-9-17(25-23(30)26-21-15(3)27-33-16(21)4)7-8-18(19)22(29)28(5)11-20(13)31-6/h7-9,13-14,20,24H,10-12H2,1-6H3,(H2,25,26,30)/t13-,14-,20-/m0/s1. The van der Waals surface area contributed by atoms with Crippen LogP contribution in [0.15, 0.2) is 22.7 Å². The zero-order chi connectivity index (χ0) is 24.1. The van der Waals surface area contributed by atoms with E-state index in [2.05, 4.69) is 28.0 Å². The summed E-state index contributed by atoms with van der Waals surface area (Å²) in [5.41, 5.74) is 2.02. The summed E-state index contributed by atoms with van der Waals surface area (Å²) in [5, 5.41) is 12.8. The number of urea groups is 1. The third kappa shape index (κ3) is 6.02. The van der Waals surface area contributed by atoms with Crippen LogP contribution >= 0.6 is 0 Å². The Morgan fingerprint density at radius 2 is 2.03 bits per heavy atom. The van der Waals surface area contributed by atoms with Gasteiger partial charge in [-0.3, -0.25) is 4.79 Å². The van der Waals surface area contributed by atoms with E-state index in [1.807, 2.05) is 6.92 Å². The number of anilines is 2. The quantitative estimate of drug-likeness (QED) is 0.646. The Bertz CT molecular complexity index is 972. The summed E-state index contributed by atoms with van der Waals surface area (Å²) in [5.74, 6) is 0.960. The highest BCUT2D eigenvalue weighted by molar-refractivity contribution is 6.02. The molecule has 3 atom stereocenters. The van der Waals surface area contributed by atoms with Crippen LogP contribution in [0.1, 0.15) is 35.7 Å². The SMILES string of the molecule is CO[C@H]1CN(C)C(=O)c2ccc(NC(=O)Nc3c(C)noc3C)cc2OC[C@H](C)NC[C@@H]1C. The fraction of sp³-hybridized carbons (Fsp3) is 0.522. The normalized spacial score (nSPS) is 21.9. The number of hydrogen-bond donors (Lipinski definition) is 3. The first-order valence-corrected chi connectivity index (χ1v) is 11.0. The van der Waals surface area contributed by atoms with Crippen molar-refractivity contribution >= 4 is 23.3 Å². The van der Waals surface area contributed by atoms with Crippen molar-refractivity contribution in [1.29, 1.82) is 0 Å². The average molecular weight is 460 g/mol. The molecule has 0 aliphatic carbocycles. The lowest BCUT2D eigenvalue weighted by Gasteiger charge is -2.30. The van der Waals surface area contributed by atoms with Crippen molar-refractivity contribution in [2.75, 3.05) is 44.5 Å². The molecular weight excluding hydrogens is 426 g/mol. The number of carbonyl (C=O) groups is 2. The highest BCUT2D eigenvalue weighted by atomic mass is 16.5. The molecule has 3 rings (SSSR count). The van der Waals surface area contributed by atoms with Gasteiger partial charge in [0.15, 0.2) is 5.76 Å². The molecule has 10 heteroatoms. The molecule has 0 spiro atoms. The summed E-state index contributed by atoms with van der Waals surface area (Å²) in [6.45, 7) is 9.13. The number of nitrogens with zero attached hydrogens (tertiary/aromatic N) is 2. The van der Waals surface area contributed by atoms with E-state index in [0.717, 1.165) is 6.54 Å². The topological polar surface area (TPSA) is 118 Å². The molecule has 3 amide bonds.